The Morgan fingerprint density at radius 2 is 1.48 bits per heavy atom. The monoisotopic (exact) mass is 569 g/mol. The van der Waals surface area contributed by atoms with Crippen LogP contribution in [0.3, 0.4) is 0 Å². The zero-order chi connectivity index (χ0) is 17.7. The summed E-state index contributed by atoms with van der Waals surface area (Å²) in [5.74, 6) is 0.414. The molecule has 123 valence electrons. The minimum absolute atomic E-state index is 0.0590. The number of benzene rings is 2. The molecule has 0 bridgehead atoms. The molecular weight excluding hydrogens is 543 g/mol. The Morgan fingerprint density at radius 1 is 0.957 bits per heavy atom. The Bertz CT molecular complexity index is 615. The van der Waals surface area contributed by atoms with Gasteiger partial charge in [0.1, 0.15) is 0 Å². The number of aromatic hydroxyl groups is 1. The van der Waals surface area contributed by atoms with E-state index in [1.807, 2.05) is 25.1 Å². The normalized spacial score (nSPS) is 11.6. The van der Waals surface area contributed by atoms with Crippen LogP contribution in [0.2, 0.25) is 0 Å². The molecule has 23 heavy (non-hydrogen) atoms. The molecule has 0 heterocycles. The number of halogens is 1. The first-order valence-corrected chi connectivity index (χ1v) is 10.9. The van der Waals surface area contributed by atoms with Crippen LogP contribution in [0.25, 0.3) is 0 Å². The van der Waals surface area contributed by atoms with Gasteiger partial charge < -0.3 is 0 Å². The fraction of sp³-hybridized carbons (Fsp3) is 0.400. The molecule has 0 spiro atoms. The molecule has 2 aromatic carbocycles. The number of hydrogen-bond acceptors (Lipinski definition) is 1. The number of phenols is 1. The Morgan fingerprint density at radius 3 is 1.96 bits per heavy atom. The van der Waals surface area contributed by atoms with Gasteiger partial charge in [-0.05, 0) is 0 Å². The molecule has 0 aliphatic heterocycles. The molecule has 2 rings (SSSR count). The van der Waals surface area contributed by atoms with Crippen molar-refractivity contribution in [1.29, 1.82) is 0 Å². The first-order valence-electron chi connectivity index (χ1n) is 7.85. The molecule has 1 nitrogen and oxygen atoms in total. The van der Waals surface area contributed by atoms with E-state index in [0.29, 0.717) is 5.75 Å². The molecule has 1 N–H and O–H groups in total. The summed E-state index contributed by atoms with van der Waals surface area (Å²) in [5, 5.41) is 11.2. The molecule has 0 unspecified atom stereocenters. The van der Waals surface area contributed by atoms with Crippen LogP contribution >= 0.6 is 15.9 Å². The average molecular weight is 570 g/mol. The van der Waals surface area contributed by atoms with Gasteiger partial charge in [-0.15, -0.1) is 0 Å². The van der Waals surface area contributed by atoms with Crippen molar-refractivity contribution in [2.75, 3.05) is 5.33 Å². The van der Waals surface area contributed by atoms with Gasteiger partial charge in [0.2, 0.25) is 0 Å². The number of phenolic OH excluding ortho intramolecular Hbond substituents is 1. The standard InChI is InChI=1S/C18H21O.C2H5Br.Pb/c1-13(2)16-12-15(10-11-17(16)19)18(3,4)14-8-6-5-7-9-14;1-2-3;/h5-12,19H,1-4H3;2H2,1H3;. The quantitative estimate of drug-likeness (QED) is 0.381. The van der Waals surface area contributed by atoms with Crippen LogP contribution in [0.5, 0.6) is 5.75 Å². The predicted molar refractivity (Wildman–Crippen MR) is 105 cm³/mol. The van der Waals surface area contributed by atoms with E-state index >= 15 is 0 Å². The fourth-order valence-electron chi connectivity index (χ4n) is 2.45. The molecule has 0 aliphatic carbocycles. The Labute approximate surface area is 165 Å². The summed E-state index contributed by atoms with van der Waals surface area (Å²) in [4.78, 5) is 0. The first kappa shape index (κ1) is 20.7. The van der Waals surface area contributed by atoms with E-state index in [0.717, 1.165) is 36.7 Å². The van der Waals surface area contributed by atoms with Gasteiger partial charge in [-0.1, -0.05) is 22.9 Å². The van der Waals surface area contributed by atoms with Crippen molar-refractivity contribution in [3.8, 4) is 5.75 Å². The topological polar surface area (TPSA) is 20.2 Å². The SMILES string of the molecule is CCBr.C[C](C)([Pb])c1cc(C(C)(C)c2ccccc2)ccc1O. The molecule has 0 saturated carbocycles. The van der Waals surface area contributed by atoms with E-state index in [1.165, 1.54) is 11.1 Å². The van der Waals surface area contributed by atoms with E-state index in [9.17, 15) is 5.11 Å². The maximum atomic E-state index is 10.1. The third-order valence-electron chi connectivity index (χ3n) is 3.89. The van der Waals surface area contributed by atoms with Crippen LogP contribution in [-0.4, -0.2) is 36.2 Å². The predicted octanol–water partition coefficient (Wildman–Crippen LogP) is 5.52. The van der Waals surface area contributed by atoms with Crippen LogP contribution < -0.4 is 0 Å². The number of rotatable bonds is 3. The molecular formula is C20H26BrOPb. The summed E-state index contributed by atoms with van der Waals surface area (Å²) in [6, 6.07) is 16.6. The van der Waals surface area contributed by atoms with Crippen LogP contribution in [0.4, 0.5) is 0 Å². The van der Waals surface area contributed by atoms with Gasteiger partial charge in [-0.2, -0.15) is 0 Å². The van der Waals surface area contributed by atoms with E-state index in [1.54, 1.807) is 0 Å². The summed E-state index contributed by atoms with van der Waals surface area (Å²) in [5.41, 5.74) is 3.55. The third kappa shape index (κ3) is 5.59. The second-order valence-electron chi connectivity index (χ2n) is 6.62. The van der Waals surface area contributed by atoms with Crippen LogP contribution in [-0.2, 0) is 8.39 Å². The van der Waals surface area contributed by atoms with Gasteiger partial charge in [0.25, 0.3) is 0 Å². The van der Waals surface area contributed by atoms with Crippen LogP contribution in [0.15, 0.2) is 48.5 Å². The molecule has 0 aliphatic rings. The summed E-state index contributed by atoms with van der Waals surface area (Å²) in [6.45, 7) is 10.9. The second kappa shape index (κ2) is 8.65. The van der Waals surface area contributed by atoms with Gasteiger partial charge in [0.15, 0.2) is 0 Å². The molecule has 3 heteroatoms. The molecule has 0 saturated heterocycles. The van der Waals surface area contributed by atoms with Crippen LogP contribution in [0.1, 0.15) is 51.3 Å². The van der Waals surface area contributed by atoms with Crippen molar-refractivity contribution >= 4 is 41.7 Å². The molecule has 0 amide bonds. The third-order valence-corrected chi connectivity index (χ3v) is 4.93. The summed E-state index contributed by atoms with van der Waals surface area (Å²) >= 11 is 4.15. The molecule has 0 atom stereocenters. The second-order valence-corrected chi connectivity index (χ2v) is 12.6. The van der Waals surface area contributed by atoms with Gasteiger partial charge in [0.05, 0.1) is 0 Å². The van der Waals surface area contributed by atoms with E-state index in [2.05, 4.69) is 74.0 Å². The van der Waals surface area contributed by atoms with Crippen molar-refractivity contribution in [3.63, 3.8) is 0 Å². The van der Waals surface area contributed by atoms with E-state index in [-0.39, 0.29) is 8.39 Å². The summed E-state index contributed by atoms with van der Waals surface area (Å²) in [7, 11) is 0. The van der Waals surface area contributed by atoms with E-state index in [4.69, 9.17) is 0 Å². The Kier molecular flexibility index (Phi) is 7.78. The van der Waals surface area contributed by atoms with Crippen molar-refractivity contribution in [3.05, 3.63) is 65.2 Å². The molecule has 0 fully saturated rings. The van der Waals surface area contributed by atoms with Gasteiger partial charge >= 0.3 is 138 Å². The Hall–Kier alpha value is -0.358. The molecule has 2 aromatic rings. The van der Waals surface area contributed by atoms with Crippen molar-refractivity contribution < 1.29 is 5.11 Å². The number of alkyl halides is 1. The van der Waals surface area contributed by atoms with Crippen molar-refractivity contribution in [1.82, 2.24) is 0 Å². The number of hydrogen-bond donors (Lipinski definition) is 1. The molecule has 0 aromatic heterocycles. The molecule has 3 radical (unpaired) electrons. The minimum atomic E-state index is -0.0590. The zero-order valence-corrected chi connectivity index (χ0v) is 20.1. The average Bonchev–Trinajstić information content (AvgIpc) is 2.48. The van der Waals surface area contributed by atoms with Gasteiger partial charge in [0, 0.05) is 5.33 Å². The Balaban J connectivity index is 0.000000816. The fourth-order valence-corrected chi connectivity index (χ4v) is 3.23. The van der Waals surface area contributed by atoms with Gasteiger partial charge in [-0.3, -0.25) is 0 Å². The van der Waals surface area contributed by atoms with Gasteiger partial charge in [-0.25, -0.2) is 0 Å². The maximum absolute atomic E-state index is 10.1. The van der Waals surface area contributed by atoms with Crippen molar-refractivity contribution in [2.24, 2.45) is 0 Å². The first-order chi connectivity index (χ1) is 10.6. The summed E-state index contributed by atoms with van der Waals surface area (Å²) < 4.78 is 0.0763. The summed E-state index contributed by atoms with van der Waals surface area (Å²) in [6.07, 6.45) is 0. The van der Waals surface area contributed by atoms with E-state index < -0.39 is 0 Å². The van der Waals surface area contributed by atoms with Crippen LogP contribution in [0, 0.1) is 0 Å². The zero-order valence-electron chi connectivity index (χ0n) is 14.7. The van der Waals surface area contributed by atoms with Crippen molar-refractivity contribution in [2.45, 2.75) is 43.0 Å².